The van der Waals surface area contributed by atoms with Crippen LogP contribution in [-0.2, 0) is 0 Å². The van der Waals surface area contributed by atoms with E-state index in [9.17, 15) is 5.11 Å². The first-order chi connectivity index (χ1) is 7.61. The molecule has 0 spiro atoms. The van der Waals surface area contributed by atoms with E-state index in [-0.39, 0.29) is 0 Å². The number of nitrogens with zero attached hydrogens (tertiary/aromatic N) is 1. The molecule has 0 radical (unpaired) electrons. The Morgan fingerprint density at radius 1 is 1.19 bits per heavy atom. The molecule has 2 nitrogen and oxygen atoms in total. The van der Waals surface area contributed by atoms with Crippen molar-refractivity contribution in [2.75, 3.05) is 11.9 Å². The third-order valence-corrected chi connectivity index (χ3v) is 3.26. The Balaban J connectivity index is 3.02. The molecule has 0 saturated heterocycles. The summed E-state index contributed by atoms with van der Waals surface area (Å²) in [4.78, 5) is 2.28. The van der Waals surface area contributed by atoms with Crippen LogP contribution in [0.1, 0.15) is 45.3 Å². The lowest BCUT2D eigenvalue weighted by Crippen LogP contribution is -2.31. The van der Waals surface area contributed by atoms with Gasteiger partial charge in [0.15, 0.2) is 0 Å². The van der Waals surface area contributed by atoms with Gasteiger partial charge in [-0.25, -0.2) is 0 Å². The molecular weight excluding hydrogens is 198 g/mol. The van der Waals surface area contributed by atoms with Crippen LogP contribution in [0.15, 0.2) is 24.3 Å². The zero-order valence-electron chi connectivity index (χ0n) is 10.8. The summed E-state index contributed by atoms with van der Waals surface area (Å²) in [5, 5.41) is 9.75. The number of hydrogen-bond acceptors (Lipinski definition) is 2. The predicted octanol–water partition coefficient (Wildman–Crippen LogP) is 3.36. The molecule has 0 heterocycles. The molecule has 1 N–H and O–H groups in total. The molecule has 90 valence electrons. The number of benzene rings is 1. The summed E-state index contributed by atoms with van der Waals surface area (Å²) in [6.45, 7) is 6.23. The molecule has 1 atom stereocenters. The largest absolute Gasteiger partial charge is 0.389 e. The molecule has 2 heteroatoms. The van der Waals surface area contributed by atoms with E-state index in [1.165, 1.54) is 0 Å². The van der Waals surface area contributed by atoms with Crippen LogP contribution in [0.4, 0.5) is 5.69 Å². The molecule has 1 aromatic rings. The fourth-order valence-electron chi connectivity index (χ4n) is 2.20. The van der Waals surface area contributed by atoms with Crippen molar-refractivity contribution in [1.29, 1.82) is 0 Å². The highest BCUT2D eigenvalue weighted by molar-refractivity contribution is 5.54. The lowest BCUT2D eigenvalue weighted by atomic mass is 10.0. The Labute approximate surface area is 98.9 Å². The third kappa shape index (κ3) is 2.76. The first-order valence-electron chi connectivity index (χ1n) is 6.11. The summed E-state index contributed by atoms with van der Waals surface area (Å²) in [6, 6.07) is 8.63. The van der Waals surface area contributed by atoms with Gasteiger partial charge < -0.3 is 10.0 Å². The Kier molecular flexibility index (Phi) is 4.81. The molecule has 0 bridgehead atoms. The predicted molar refractivity (Wildman–Crippen MR) is 69.8 cm³/mol. The fraction of sp³-hybridized carbons (Fsp3) is 0.571. The van der Waals surface area contributed by atoms with Gasteiger partial charge >= 0.3 is 0 Å². The van der Waals surface area contributed by atoms with E-state index in [1.807, 2.05) is 25.1 Å². The maximum Gasteiger partial charge on any atom is 0.0781 e. The van der Waals surface area contributed by atoms with Crippen LogP contribution in [0, 0.1) is 0 Å². The molecule has 0 fully saturated rings. The van der Waals surface area contributed by atoms with Gasteiger partial charge in [0, 0.05) is 24.3 Å². The number of para-hydroxylation sites is 1. The summed E-state index contributed by atoms with van der Waals surface area (Å²) in [6.07, 6.45) is 1.84. The van der Waals surface area contributed by atoms with Gasteiger partial charge in [0.1, 0.15) is 0 Å². The van der Waals surface area contributed by atoms with E-state index >= 15 is 0 Å². The number of anilines is 1. The summed E-state index contributed by atoms with van der Waals surface area (Å²) < 4.78 is 0. The molecule has 0 aliphatic carbocycles. The van der Waals surface area contributed by atoms with E-state index in [2.05, 4.69) is 31.9 Å². The topological polar surface area (TPSA) is 23.5 Å². The van der Waals surface area contributed by atoms with Gasteiger partial charge in [-0.15, -0.1) is 0 Å². The highest BCUT2D eigenvalue weighted by Gasteiger charge is 2.15. The highest BCUT2D eigenvalue weighted by atomic mass is 16.3. The average molecular weight is 221 g/mol. The van der Waals surface area contributed by atoms with E-state index in [0.29, 0.717) is 6.04 Å². The van der Waals surface area contributed by atoms with E-state index in [0.717, 1.165) is 24.1 Å². The molecular formula is C14H23NO. The minimum Gasteiger partial charge on any atom is -0.389 e. The van der Waals surface area contributed by atoms with Crippen molar-refractivity contribution in [2.24, 2.45) is 0 Å². The first kappa shape index (κ1) is 13.0. The summed E-state index contributed by atoms with van der Waals surface area (Å²) in [7, 11) is 2.11. The van der Waals surface area contributed by atoms with Crippen molar-refractivity contribution in [3.8, 4) is 0 Å². The van der Waals surface area contributed by atoms with E-state index in [1.54, 1.807) is 0 Å². The minimum atomic E-state index is -0.409. The minimum absolute atomic E-state index is 0.409. The van der Waals surface area contributed by atoms with Crippen LogP contribution in [0.5, 0.6) is 0 Å². The molecule has 1 aromatic carbocycles. The maximum absolute atomic E-state index is 9.75. The summed E-state index contributed by atoms with van der Waals surface area (Å²) in [5.74, 6) is 0. The van der Waals surface area contributed by atoms with Gasteiger partial charge in [-0.2, -0.15) is 0 Å². The van der Waals surface area contributed by atoms with Crippen molar-refractivity contribution in [3.05, 3.63) is 29.8 Å². The SMILES string of the molecule is CCC(CC)N(C)c1ccccc1[C@@H](C)O. The molecule has 0 saturated carbocycles. The number of hydrogen-bond donors (Lipinski definition) is 1. The molecule has 0 aliphatic rings. The molecule has 0 aliphatic heterocycles. The van der Waals surface area contributed by atoms with Crippen molar-refractivity contribution < 1.29 is 5.11 Å². The summed E-state index contributed by atoms with van der Waals surface area (Å²) in [5.41, 5.74) is 2.16. The second-order valence-electron chi connectivity index (χ2n) is 4.32. The van der Waals surface area contributed by atoms with Crippen molar-refractivity contribution in [2.45, 2.75) is 45.8 Å². The molecule has 0 unspecified atom stereocenters. The van der Waals surface area contributed by atoms with Crippen molar-refractivity contribution in [1.82, 2.24) is 0 Å². The zero-order valence-corrected chi connectivity index (χ0v) is 10.8. The quantitative estimate of drug-likeness (QED) is 0.824. The lowest BCUT2D eigenvalue weighted by molar-refractivity contribution is 0.199. The van der Waals surface area contributed by atoms with Gasteiger partial charge in [-0.1, -0.05) is 32.0 Å². The van der Waals surface area contributed by atoms with Crippen LogP contribution in [0.2, 0.25) is 0 Å². The monoisotopic (exact) mass is 221 g/mol. The van der Waals surface area contributed by atoms with Crippen LogP contribution in [-0.4, -0.2) is 18.2 Å². The Morgan fingerprint density at radius 2 is 1.75 bits per heavy atom. The molecule has 1 rings (SSSR count). The molecule has 16 heavy (non-hydrogen) atoms. The van der Waals surface area contributed by atoms with Crippen molar-refractivity contribution >= 4 is 5.69 Å². The van der Waals surface area contributed by atoms with Crippen LogP contribution in [0.3, 0.4) is 0 Å². The van der Waals surface area contributed by atoms with Gasteiger partial charge in [0.05, 0.1) is 6.10 Å². The number of aliphatic hydroxyl groups is 1. The second-order valence-corrected chi connectivity index (χ2v) is 4.32. The zero-order chi connectivity index (χ0) is 12.1. The summed E-state index contributed by atoms with van der Waals surface area (Å²) >= 11 is 0. The average Bonchev–Trinajstić information content (AvgIpc) is 2.30. The van der Waals surface area contributed by atoms with E-state index in [4.69, 9.17) is 0 Å². The number of aliphatic hydroxyl groups excluding tert-OH is 1. The third-order valence-electron chi connectivity index (χ3n) is 3.26. The smallest absolute Gasteiger partial charge is 0.0781 e. The van der Waals surface area contributed by atoms with Gasteiger partial charge in [-0.05, 0) is 25.8 Å². The van der Waals surface area contributed by atoms with E-state index < -0.39 is 6.10 Å². The van der Waals surface area contributed by atoms with Gasteiger partial charge in [-0.3, -0.25) is 0 Å². The normalized spacial score (nSPS) is 12.9. The Morgan fingerprint density at radius 3 is 2.25 bits per heavy atom. The van der Waals surface area contributed by atoms with Crippen LogP contribution >= 0.6 is 0 Å². The Bertz CT molecular complexity index is 318. The van der Waals surface area contributed by atoms with Gasteiger partial charge in [0.25, 0.3) is 0 Å². The maximum atomic E-state index is 9.75. The van der Waals surface area contributed by atoms with Crippen LogP contribution < -0.4 is 4.90 Å². The lowest BCUT2D eigenvalue weighted by Gasteiger charge is -2.30. The first-order valence-corrected chi connectivity index (χ1v) is 6.11. The molecule has 0 aromatic heterocycles. The molecule has 0 amide bonds. The Hall–Kier alpha value is -1.02. The van der Waals surface area contributed by atoms with Crippen LogP contribution in [0.25, 0.3) is 0 Å². The highest BCUT2D eigenvalue weighted by Crippen LogP contribution is 2.27. The standard InChI is InChI=1S/C14H23NO/c1-5-12(6-2)15(4)14-10-8-7-9-13(14)11(3)16/h7-12,16H,5-6H2,1-4H3/t11-/m1/s1. The van der Waals surface area contributed by atoms with Gasteiger partial charge in [0.2, 0.25) is 0 Å². The fourth-order valence-corrected chi connectivity index (χ4v) is 2.20. The second kappa shape index (κ2) is 5.90. The van der Waals surface area contributed by atoms with Crippen molar-refractivity contribution in [3.63, 3.8) is 0 Å². The number of rotatable bonds is 5.